The third kappa shape index (κ3) is 2.77. The molecule has 0 spiro atoms. The summed E-state index contributed by atoms with van der Waals surface area (Å²) in [5.41, 5.74) is 2.70. The fourth-order valence-electron chi connectivity index (χ4n) is 2.16. The van der Waals surface area contributed by atoms with Crippen LogP contribution in [0.3, 0.4) is 0 Å². The smallest absolute Gasteiger partial charge is 0.193 e. The number of rotatable bonds is 4. The second kappa shape index (κ2) is 5.95. The van der Waals surface area contributed by atoms with E-state index >= 15 is 0 Å². The number of hydrogen-bond acceptors (Lipinski definition) is 1. The number of benzene rings is 2. The Labute approximate surface area is 117 Å². The van der Waals surface area contributed by atoms with Gasteiger partial charge in [0.15, 0.2) is 17.4 Å². The Morgan fingerprint density at radius 1 is 0.950 bits per heavy atom. The summed E-state index contributed by atoms with van der Waals surface area (Å²) in [7, 11) is 0. The van der Waals surface area contributed by atoms with Crippen LogP contribution in [0.1, 0.15) is 40.9 Å². The lowest BCUT2D eigenvalue weighted by Gasteiger charge is -2.09. The fourth-order valence-corrected chi connectivity index (χ4v) is 2.16. The lowest BCUT2D eigenvalue weighted by Crippen LogP contribution is -2.07. The van der Waals surface area contributed by atoms with Gasteiger partial charge in [0, 0.05) is 11.1 Å². The molecular formula is C17H16F2O. The Balaban J connectivity index is 2.48. The predicted octanol–water partition coefficient (Wildman–Crippen LogP) is 4.32. The van der Waals surface area contributed by atoms with Crippen molar-refractivity contribution in [3.63, 3.8) is 0 Å². The summed E-state index contributed by atoms with van der Waals surface area (Å²) in [6, 6.07) is 9.00. The van der Waals surface area contributed by atoms with Crippen molar-refractivity contribution in [2.75, 3.05) is 0 Å². The van der Waals surface area contributed by atoms with E-state index < -0.39 is 11.6 Å². The van der Waals surface area contributed by atoms with Gasteiger partial charge in [-0.25, -0.2) is 8.78 Å². The number of ketones is 1. The maximum Gasteiger partial charge on any atom is 0.193 e. The van der Waals surface area contributed by atoms with Crippen molar-refractivity contribution < 1.29 is 13.6 Å². The summed E-state index contributed by atoms with van der Waals surface area (Å²) in [4.78, 5) is 12.5. The van der Waals surface area contributed by atoms with E-state index in [4.69, 9.17) is 0 Å². The molecule has 0 bridgehead atoms. The van der Waals surface area contributed by atoms with Crippen LogP contribution in [0, 0.1) is 11.6 Å². The van der Waals surface area contributed by atoms with E-state index in [0.717, 1.165) is 36.1 Å². The second-order valence-electron chi connectivity index (χ2n) is 4.66. The van der Waals surface area contributed by atoms with Gasteiger partial charge in [-0.3, -0.25) is 4.79 Å². The maximum absolute atomic E-state index is 13.3. The highest BCUT2D eigenvalue weighted by atomic mass is 19.2. The average Bonchev–Trinajstić information content (AvgIpc) is 2.48. The molecule has 0 unspecified atom stereocenters. The second-order valence-corrected chi connectivity index (χ2v) is 4.66. The molecule has 0 aliphatic carbocycles. The van der Waals surface area contributed by atoms with Gasteiger partial charge in [0.2, 0.25) is 0 Å². The summed E-state index contributed by atoms with van der Waals surface area (Å²) in [5, 5.41) is 0. The van der Waals surface area contributed by atoms with Gasteiger partial charge in [-0.1, -0.05) is 26.0 Å². The molecular weight excluding hydrogens is 258 g/mol. The predicted molar refractivity (Wildman–Crippen MR) is 75.0 cm³/mol. The Hall–Kier alpha value is -2.03. The van der Waals surface area contributed by atoms with E-state index in [-0.39, 0.29) is 11.3 Å². The quantitative estimate of drug-likeness (QED) is 0.759. The van der Waals surface area contributed by atoms with Gasteiger partial charge < -0.3 is 0 Å². The summed E-state index contributed by atoms with van der Waals surface area (Å²) < 4.78 is 26.2. The van der Waals surface area contributed by atoms with E-state index in [9.17, 15) is 13.6 Å². The molecule has 0 saturated heterocycles. The molecule has 0 saturated carbocycles. The molecule has 2 aromatic carbocycles. The first-order chi connectivity index (χ1) is 9.56. The number of carbonyl (C=O) groups is 1. The summed E-state index contributed by atoms with van der Waals surface area (Å²) in [6.45, 7) is 3.97. The van der Waals surface area contributed by atoms with Crippen molar-refractivity contribution in [1.29, 1.82) is 0 Å². The molecule has 0 fully saturated rings. The molecule has 3 heteroatoms. The van der Waals surface area contributed by atoms with Crippen molar-refractivity contribution in [2.24, 2.45) is 0 Å². The highest BCUT2D eigenvalue weighted by molar-refractivity contribution is 6.10. The highest BCUT2D eigenvalue weighted by Crippen LogP contribution is 2.19. The maximum atomic E-state index is 13.3. The Bertz CT molecular complexity index is 647. The van der Waals surface area contributed by atoms with Crippen molar-refractivity contribution >= 4 is 5.78 Å². The SMILES string of the molecule is CCc1ccc(CC)c(C(=O)c2ccc(F)c(F)c2)c1. The summed E-state index contributed by atoms with van der Waals surface area (Å²) in [5.74, 6) is -2.21. The first kappa shape index (κ1) is 14.4. The standard InChI is InChI=1S/C17H16F2O/c1-3-11-5-6-12(4-2)14(9-11)17(20)13-7-8-15(18)16(19)10-13/h5-10H,3-4H2,1-2H3. The minimum atomic E-state index is -0.999. The van der Waals surface area contributed by atoms with E-state index in [0.29, 0.717) is 5.56 Å². The summed E-state index contributed by atoms with van der Waals surface area (Å²) >= 11 is 0. The molecule has 0 radical (unpaired) electrons. The van der Waals surface area contributed by atoms with Crippen LogP contribution in [0.5, 0.6) is 0 Å². The van der Waals surface area contributed by atoms with Gasteiger partial charge in [-0.15, -0.1) is 0 Å². The van der Waals surface area contributed by atoms with Crippen LogP contribution < -0.4 is 0 Å². The first-order valence-electron chi connectivity index (χ1n) is 6.68. The van der Waals surface area contributed by atoms with Gasteiger partial charge in [-0.05, 0) is 48.2 Å². The molecule has 0 atom stereocenters. The van der Waals surface area contributed by atoms with Crippen LogP contribution in [-0.2, 0) is 12.8 Å². The topological polar surface area (TPSA) is 17.1 Å². The largest absolute Gasteiger partial charge is 0.289 e. The molecule has 0 amide bonds. The molecule has 0 N–H and O–H groups in total. The third-order valence-corrected chi connectivity index (χ3v) is 3.39. The molecule has 0 aromatic heterocycles. The molecule has 20 heavy (non-hydrogen) atoms. The number of hydrogen-bond donors (Lipinski definition) is 0. The van der Waals surface area contributed by atoms with Crippen LogP contribution in [0.25, 0.3) is 0 Å². The van der Waals surface area contributed by atoms with E-state index in [1.807, 2.05) is 32.0 Å². The van der Waals surface area contributed by atoms with E-state index in [2.05, 4.69) is 0 Å². The molecule has 0 aliphatic heterocycles. The molecule has 0 aliphatic rings. The van der Waals surface area contributed by atoms with Gasteiger partial charge in [0.05, 0.1) is 0 Å². The van der Waals surface area contributed by atoms with Crippen molar-refractivity contribution in [3.8, 4) is 0 Å². The zero-order valence-electron chi connectivity index (χ0n) is 11.5. The zero-order valence-corrected chi connectivity index (χ0v) is 11.5. The summed E-state index contributed by atoms with van der Waals surface area (Å²) in [6.07, 6.45) is 1.54. The van der Waals surface area contributed by atoms with Crippen LogP contribution in [0.15, 0.2) is 36.4 Å². The number of halogens is 2. The first-order valence-corrected chi connectivity index (χ1v) is 6.68. The minimum Gasteiger partial charge on any atom is -0.289 e. The number of aryl methyl sites for hydroxylation is 2. The van der Waals surface area contributed by atoms with Crippen LogP contribution in [-0.4, -0.2) is 5.78 Å². The Kier molecular flexibility index (Phi) is 4.28. The van der Waals surface area contributed by atoms with Crippen LogP contribution in [0.4, 0.5) is 8.78 Å². The van der Waals surface area contributed by atoms with Crippen LogP contribution in [0.2, 0.25) is 0 Å². The van der Waals surface area contributed by atoms with Gasteiger partial charge in [0.1, 0.15) is 0 Å². The lowest BCUT2D eigenvalue weighted by molar-refractivity contribution is 0.103. The lowest BCUT2D eigenvalue weighted by atomic mass is 9.94. The van der Waals surface area contributed by atoms with Gasteiger partial charge in [-0.2, -0.15) is 0 Å². The van der Waals surface area contributed by atoms with Gasteiger partial charge >= 0.3 is 0 Å². The van der Waals surface area contributed by atoms with Crippen LogP contribution >= 0.6 is 0 Å². The molecule has 1 nitrogen and oxygen atoms in total. The Morgan fingerprint density at radius 3 is 2.30 bits per heavy atom. The van der Waals surface area contributed by atoms with Crippen molar-refractivity contribution in [2.45, 2.75) is 26.7 Å². The van der Waals surface area contributed by atoms with E-state index in [1.54, 1.807) is 0 Å². The normalized spacial score (nSPS) is 10.6. The average molecular weight is 274 g/mol. The molecule has 2 rings (SSSR count). The highest BCUT2D eigenvalue weighted by Gasteiger charge is 2.15. The third-order valence-electron chi connectivity index (χ3n) is 3.39. The minimum absolute atomic E-state index is 0.173. The monoisotopic (exact) mass is 274 g/mol. The number of carbonyl (C=O) groups excluding carboxylic acids is 1. The zero-order chi connectivity index (χ0) is 14.7. The Morgan fingerprint density at radius 2 is 1.70 bits per heavy atom. The molecule has 2 aromatic rings. The van der Waals surface area contributed by atoms with Crippen molar-refractivity contribution in [3.05, 3.63) is 70.3 Å². The molecule has 0 heterocycles. The van der Waals surface area contributed by atoms with Gasteiger partial charge in [0.25, 0.3) is 0 Å². The van der Waals surface area contributed by atoms with E-state index in [1.165, 1.54) is 6.07 Å². The van der Waals surface area contributed by atoms with Crippen molar-refractivity contribution in [1.82, 2.24) is 0 Å². The molecule has 104 valence electrons. The fraction of sp³-hybridized carbons (Fsp3) is 0.235.